The maximum Gasteiger partial charge on any atom is 0.381 e. The van der Waals surface area contributed by atoms with Gasteiger partial charge in [0.1, 0.15) is 0 Å². The van der Waals surface area contributed by atoms with E-state index >= 15 is 4.39 Å². The molecular weight excluding hydrogens is 570 g/mol. The number of carbonyl (C=O) groups is 2. The summed E-state index contributed by atoms with van der Waals surface area (Å²) in [7, 11) is 0. The first-order chi connectivity index (χ1) is 20.9. The lowest BCUT2D eigenvalue weighted by molar-refractivity contribution is -0.205. The van der Waals surface area contributed by atoms with E-state index in [1.807, 2.05) is 31.2 Å². The SMILES string of the molecule is CCc1ccc(CNC(=O)c2cc3nc(C)c([C@H](OC(C)(C)C)C(=O)OF)c(-c4cc(F)c5c(c4C)CCCO5)n3n2)cc1. The Hall–Kier alpha value is -4.38. The number of nitrogens with one attached hydrogen (secondary N) is 1. The number of ether oxygens (including phenoxy) is 2. The molecule has 1 atom stereocenters. The second-order valence-electron chi connectivity index (χ2n) is 11.9. The minimum absolute atomic E-state index is 0.0567. The Morgan fingerprint density at radius 2 is 1.84 bits per heavy atom. The molecular formula is C33H36F2N4O5. The number of aromatic nitrogens is 3. The maximum absolute atomic E-state index is 15.6. The van der Waals surface area contributed by atoms with Crippen molar-refractivity contribution in [3.05, 3.63) is 81.4 Å². The van der Waals surface area contributed by atoms with Gasteiger partial charge in [-0.3, -0.25) is 9.74 Å². The van der Waals surface area contributed by atoms with Crippen LogP contribution in [0.2, 0.25) is 0 Å². The van der Waals surface area contributed by atoms with E-state index in [1.54, 1.807) is 27.7 Å². The topological polar surface area (TPSA) is 104 Å². The summed E-state index contributed by atoms with van der Waals surface area (Å²) >= 11 is 0. The predicted octanol–water partition coefficient (Wildman–Crippen LogP) is 6.25. The van der Waals surface area contributed by atoms with Gasteiger partial charge in [0.05, 0.1) is 17.9 Å². The van der Waals surface area contributed by atoms with Gasteiger partial charge in [-0.1, -0.05) is 31.2 Å². The number of amides is 1. The van der Waals surface area contributed by atoms with E-state index in [4.69, 9.17) is 9.47 Å². The van der Waals surface area contributed by atoms with E-state index in [0.717, 1.165) is 12.0 Å². The van der Waals surface area contributed by atoms with Crippen LogP contribution in [0, 0.1) is 19.7 Å². The number of aryl methyl sites for hydroxylation is 2. The molecule has 1 N–H and O–H groups in total. The summed E-state index contributed by atoms with van der Waals surface area (Å²) in [6.07, 6.45) is 0.616. The third-order valence-corrected chi connectivity index (χ3v) is 7.66. The Labute approximate surface area is 254 Å². The number of rotatable bonds is 8. The van der Waals surface area contributed by atoms with Gasteiger partial charge < -0.3 is 14.8 Å². The average Bonchev–Trinajstić information content (AvgIpc) is 3.43. The standard InChI is InChI=1S/C33H36F2N4O5/c1-7-20-10-12-21(13-11-20)17-36-31(40)25-16-26-37-19(3)27(30(32(41)44-35)43-33(4,5)6)28(39(26)38-25)23-15-24(34)29-22(18(23)2)9-8-14-42-29/h10-13,15-16,30H,7-9,14,17H2,1-6H3,(H,36,40)/t30-/m0/s1. The molecule has 1 aliphatic heterocycles. The fourth-order valence-corrected chi connectivity index (χ4v) is 5.51. The highest BCUT2D eigenvalue weighted by Crippen LogP contribution is 2.41. The molecule has 0 unspecified atom stereocenters. The van der Waals surface area contributed by atoms with Gasteiger partial charge in [-0.05, 0) is 76.6 Å². The van der Waals surface area contributed by atoms with Gasteiger partial charge in [0.15, 0.2) is 29.0 Å². The Morgan fingerprint density at radius 3 is 2.50 bits per heavy atom. The molecule has 0 bridgehead atoms. The Bertz CT molecular complexity index is 1730. The van der Waals surface area contributed by atoms with Gasteiger partial charge in [-0.25, -0.2) is 18.7 Å². The molecule has 232 valence electrons. The van der Waals surface area contributed by atoms with E-state index in [9.17, 15) is 14.1 Å². The number of fused-ring (bicyclic) bond motifs is 2. The Balaban J connectivity index is 1.68. The van der Waals surface area contributed by atoms with Gasteiger partial charge in [0.25, 0.3) is 5.91 Å². The minimum Gasteiger partial charge on any atom is -0.490 e. The minimum atomic E-state index is -1.57. The van der Waals surface area contributed by atoms with Crippen molar-refractivity contribution in [3.8, 4) is 17.0 Å². The molecule has 4 aromatic rings. The molecule has 11 heteroatoms. The van der Waals surface area contributed by atoms with E-state index in [2.05, 4.69) is 27.3 Å². The monoisotopic (exact) mass is 606 g/mol. The maximum atomic E-state index is 15.6. The highest BCUT2D eigenvalue weighted by Gasteiger charge is 2.36. The van der Waals surface area contributed by atoms with Crippen molar-refractivity contribution in [2.75, 3.05) is 6.61 Å². The second-order valence-corrected chi connectivity index (χ2v) is 11.9. The van der Waals surface area contributed by atoms with Crippen LogP contribution in [0.4, 0.5) is 8.92 Å². The first-order valence-corrected chi connectivity index (χ1v) is 14.6. The molecule has 3 heterocycles. The van der Waals surface area contributed by atoms with Crippen molar-refractivity contribution < 1.29 is 32.9 Å². The second kappa shape index (κ2) is 12.3. The summed E-state index contributed by atoms with van der Waals surface area (Å²) in [6.45, 7) is 11.3. The highest BCUT2D eigenvalue weighted by atomic mass is 19.3. The van der Waals surface area contributed by atoms with Gasteiger partial charge >= 0.3 is 5.97 Å². The lowest BCUT2D eigenvalue weighted by Crippen LogP contribution is -2.29. The van der Waals surface area contributed by atoms with Crippen molar-refractivity contribution in [3.63, 3.8) is 0 Å². The quantitative estimate of drug-likeness (QED) is 0.253. The number of carbonyl (C=O) groups excluding carboxylic acids is 2. The molecule has 1 aliphatic rings. The van der Waals surface area contributed by atoms with Crippen LogP contribution in [0.1, 0.15) is 84.2 Å². The van der Waals surface area contributed by atoms with Crippen LogP contribution in [0.3, 0.4) is 0 Å². The molecule has 5 rings (SSSR count). The molecule has 9 nitrogen and oxygen atoms in total. The van der Waals surface area contributed by atoms with Gasteiger partial charge in [-0.2, -0.15) is 5.10 Å². The number of nitrogens with zero attached hydrogens (tertiary/aromatic N) is 3. The first-order valence-electron chi connectivity index (χ1n) is 14.6. The highest BCUT2D eigenvalue weighted by molar-refractivity contribution is 5.93. The fourth-order valence-electron chi connectivity index (χ4n) is 5.51. The van der Waals surface area contributed by atoms with Crippen molar-refractivity contribution in [1.82, 2.24) is 19.9 Å². The van der Waals surface area contributed by atoms with Crippen LogP contribution in [-0.2, 0) is 33.9 Å². The molecule has 0 saturated carbocycles. The van der Waals surface area contributed by atoms with Crippen LogP contribution < -0.4 is 10.1 Å². The number of benzene rings is 2. The van der Waals surface area contributed by atoms with Gasteiger partial charge in [0, 0.05) is 39.5 Å². The molecule has 0 aliphatic carbocycles. The smallest absolute Gasteiger partial charge is 0.381 e. The summed E-state index contributed by atoms with van der Waals surface area (Å²) in [6, 6.07) is 10.7. The number of halogens is 2. The summed E-state index contributed by atoms with van der Waals surface area (Å²) in [4.78, 5) is 34.4. The van der Waals surface area contributed by atoms with Crippen molar-refractivity contribution >= 4 is 17.5 Å². The van der Waals surface area contributed by atoms with Crippen LogP contribution in [-0.4, -0.2) is 38.7 Å². The molecule has 1 amide bonds. The normalized spacial score (nSPS) is 13.7. The van der Waals surface area contributed by atoms with E-state index < -0.39 is 29.4 Å². The molecule has 2 aromatic heterocycles. The van der Waals surface area contributed by atoms with Crippen LogP contribution in [0.25, 0.3) is 16.9 Å². The summed E-state index contributed by atoms with van der Waals surface area (Å²) < 4.78 is 42.1. The number of hydrogen-bond donors (Lipinski definition) is 1. The van der Waals surface area contributed by atoms with Gasteiger partial charge in [-0.15, -0.1) is 0 Å². The summed E-state index contributed by atoms with van der Waals surface area (Å²) in [5.41, 5.74) is 3.94. The number of hydrogen-bond acceptors (Lipinski definition) is 7. The first kappa shape index (κ1) is 31.1. The van der Waals surface area contributed by atoms with E-state index in [-0.39, 0.29) is 34.9 Å². The Kier molecular flexibility index (Phi) is 8.69. The molecule has 2 aromatic carbocycles. The fraction of sp³-hybridized carbons (Fsp3) is 0.394. The molecule has 0 radical (unpaired) electrons. The molecule has 0 spiro atoms. The lowest BCUT2D eigenvalue weighted by atomic mass is 9.91. The van der Waals surface area contributed by atoms with Crippen molar-refractivity contribution in [2.24, 2.45) is 0 Å². The molecule has 0 fully saturated rings. The van der Waals surface area contributed by atoms with Gasteiger partial charge in [0.2, 0.25) is 0 Å². The van der Waals surface area contributed by atoms with Crippen molar-refractivity contribution in [2.45, 2.75) is 79.1 Å². The van der Waals surface area contributed by atoms with Crippen LogP contribution in [0.5, 0.6) is 5.75 Å². The molecule has 44 heavy (non-hydrogen) atoms. The predicted molar refractivity (Wildman–Crippen MR) is 159 cm³/mol. The third-order valence-electron chi connectivity index (χ3n) is 7.66. The Morgan fingerprint density at radius 1 is 1.14 bits per heavy atom. The van der Waals surface area contributed by atoms with E-state index in [1.165, 1.54) is 22.2 Å². The van der Waals surface area contributed by atoms with Crippen molar-refractivity contribution in [1.29, 1.82) is 0 Å². The average molecular weight is 607 g/mol. The van der Waals surface area contributed by atoms with E-state index in [0.29, 0.717) is 41.8 Å². The molecule has 0 saturated heterocycles. The largest absolute Gasteiger partial charge is 0.490 e. The summed E-state index contributed by atoms with van der Waals surface area (Å²) in [5, 5.41) is 7.44. The zero-order chi connectivity index (χ0) is 31.8. The van der Waals surface area contributed by atoms with Crippen LogP contribution in [0.15, 0.2) is 36.4 Å². The zero-order valence-corrected chi connectivity index (χ0v) is 25.7. The zero-order valence-electron chi connectivity index (χ0n) is 25.7. The van der Waals surface area contributed by atoms with Crippen LogP contribution >= 0.6 is 0 Å². The lowest BCUT2D eigenvalue weighted by Gasteiger charge is -2.28. The third kappa shape index (κ3) is 6.14. The summed E-state index contributed by atoms with van der Waals surface area (Å²) in [5.74, 6) is -2.16.